The summed E-state index contributed by atoms with van der Waals surface area (Å²) in [6, 6.07) is 5.31. The van der Waals surface area contributed by atoms with E-state index in [1.54, 1.807) is 26.0 Å². The number of amides is 2. The highest BCUT2D eigenvalue weighted by atomic mass is 16.6. The van der Waals surface area contributed by atoms with E-state index in [9.17, 15) is 9.59 Å². The summed E-state index contributed by atoms with van der Waals surface area (Å²) in [5.74, 6) is 0.221. The maximum atomic E-state index is 11.6. The van der Waals surface area contributed by atoms with Gasteiger partial charge in [-0.15, -0.1) is 0 Å². The maximum Gasteiger partial charge on any atom is 0.411 e. The molecule has 116 valence electrons. The molecule has 0 aliphatic heterocycles. The van der Waals surface area contributed by atoms with Gasteiger partial charge in [-0.25, -0.2) is 9.59 Å². The van der Waals surface area contributed by atoms with Gasteiger partial charge in [0.15, 0.2) is 0 Å². The molecule has 2 amide bonds. The van der Waals surface area contributed by atoms with E-state index >= 15 is 0 Å². The van der Waals surface area contributed by atoms with Crippen molar-refractivity contribution in [2.24, 2.45) is 0 Å². The zero-order chi connectivity index (χ0) is 15.8. The van der Waals surface area contributed by atoms with Gasteiger partial charge in [0.25, 0.3) is 0 Å². The van der Waals surface area contributed by atoms with Crippen LogP contribution in [0, 0.1) is 0 Å². The zero-order valence-corrected chi connectivity index (χ0v) is 12.9. The number of nitrogens with one attached hydrogen (secondary N) is 2. The van der Waals surface area contributed by atoms with Crippen LogP contribution >= 0.6 is 0 Å². The molecule has 0 aliphatic rings. The standard InChI is InChI=1S/C15H22N2O4/c1-5-20-14(18)16-11-7-8-12(10(3)4)13(9-11)17-15(19)21-6-2/h7-10H,5-6H2,1-4H3,(H,16,18)(H,17,19). The van der Waals surface area contributed by atoms with E-state index in [1.807, 2.05) is 19.9 Å². The lowest BCUT2D eigenvalue weighted by molar-refractivity contribution is 0.167. The van der Waals surface area contributed by atoms with Crippen molar-refractivity contribution in [2.45, 2.75) is 33.6 Å². The van der Waals surface area contributed by atoms with Gasteiger partial charge >= 0.3 is 12.2 Å². The predicted octanol–water partition coefficient (Wildman–Crippen LogP) is 3.95. The summed E-state index contributed by atoms with van der Waals surface area (Å²) in [5, 5.41) is 5.29. The fourth-order valence-electron chi connectivity index (χ4n) is 1.81. The molecule has 0 atom stereocenters. The molecule has 0 bridgehead atoms. The van der Waals surface area contributed by atoms with Crippen LogP contribution in [0.4, 0.5) is 21.0 Å². The lowest BCUT2D eigenvalue weighted by atomic mass is 10.0. The number of rotatable bonds is 5. The van der Waals surface area contributed by atoms with Crippen molar-refractivity contribution in [1.82, 2.24) is 0 Å². The second-order valence-electron chi connectivity index (χ2n) is 4.65. The quantitative estimate of drug-likeness (QED) is 0.862. The summed E-state index contributed by atoms with van der Waals surface area (Å²) in [4.78, 5) is 23.0. The van der Waals surface area contributed by atoms with Crippen LogP contribution in [0.3, 0.4) is 0 Å². The average Bonchev–Trinajstić information content (AvgIpc) is 2.38. The van der Waals surface area contributed by atoms with Crippen molar-refractivity contribution in [2.75, 3.05) is 23.8 Å². The Hall–Kier alpha value is -2.24. The van der Waals surface area contributed by atoms with Gasteiger partial charge in [-0.2, -0.15) is 0 Å². The fourth-order valence-corrected chi connectivity index (χ4v) is 1.81. The number of carbonyl (C=O) groups excluding carboxylic acids is 2. The van der Waals surface area contributed by atoms with Crippen LogP contribution in [0.2, 0.25) is 0 Å². The molecule has 1 rings (SSSR count). The van der Waals surface area contributed by atoms with Crippen LogP contribution in [0.15, 0.2) is 18.2 Å². The summed E-state index contributed by atoms with van der Waals surface area (Å²) >= 11 is 0. The molecule has 0 fully saturated rings. The average molecular weight is 294 g/mol. The first-order valence-corrected chi connectivity index (χ1v) is 6.99. The van der Waals surface area contributed by atoms with Crippen LogP contribution in [0.5, 0.6) is 0 Å². The highest BCUT2D eigenvalue weighted by molar-refractivity contribution is 5.89. The molecule has 6 nitrogen and oxygen atoms in total. The highest BCUT2D eigenvalue weighted by Crippen LogP contribution is 2.27. The van der Waals surface area contributed by atoms with Gasteiger partial charge in [-0.3, -0.25) is 10.6 Å². The Bertz CT molecular complexity index is 500. The number of hydrogen-bond donors (Lipinski definition) is 2. The molecule has 0 heterocycles. The Morgan fingerprint density at radius 3 is 2.14 bits per heavy atom. The Kier molecular flexibility index (Phi) is 6.52. The third-order valence-electron chi connectivity index (χ3n) is 2.71. The van der Waals surface area contributed by atoms with Gasteiger partial charge in [0.05, 0.1) is 13.2 Å². The van der Waals surface area contributed by atoms with E-state index in [-0.39, 0.29) is 5.92 Å². The molecule has 1 aromatic rings. The largest absolute Gasteiger partial charge is 0.450 e. The molecule has 0 radical (unpaired) electrons. The SMILES string of the molecule is CCOC(=O)Nc1ccc(C(C)C)c(NC(=O)OCC)c1. The van der Waals surface area contributed by atoms with Gasteiger partial charge < -0.3 is 9.47 Å². The van der Waals surface area contributed by atoms with E-state index in [1.165, 1.54) is 0 Å². The molecule has 0 aliphatic carbocycles. The first-order chi connectivity index (χ1) is 9.97. The van der Waals surface area contributed by atoms with Crippen molar-refractivity contribution in [1.29, 1.82) is 0 Å². The van der Waals surface area contributed by atoms with Crippen molar-refractivity contribution < 1.29 is 19.1 Å². The fraction of sp³-hybridized carbons (Fsp3) is 0.467. The second-order valence-corrected chi connectivity index (χ2v) is 4.65. The Balaban J connectivity index is 2.94. The van der Waals surface area contributed by atoms with Gasteiger partial charge in [-0.05, 0) is 37.5 Å². The molecule has 1 aromatic carbocycles. The lowest BCUT2D eigenvalue weighted by Crippen LogP contribution is -2.16. The van der Waals surface area contributed by atoms with E-state index in [0.717, 1.165) is 5.56 Å². The summed E-state index contributed by atoms with van der Waals surface area (Å²) < 4.78 is 9.70. The van der Waals surface area contributed by atoms with Crippen LogP contribution in [-0.4, -0.2) is 25.4 Å². The zero-order valence-electron chi connectivity index (χ0n) is 12.9. The topological polar surface area (TPSA) is 76.7 Å². The van der Waals surface area contributed by atoms with E-state index < -0.39 is 12.2 Å². The summed E-state index contributed by atoms with van der Waals surface area (Å²) in [6.07, 6.45) is -1.05. The number of ether oxygens (including phenoxy) is 2. The smallest absolute Gasteiger partial charge is 0.411 e. The molecule has 0 unspecified atom stereocenters. The minimum absolute atomic E-state index is 0.221. The predicted molar refractivity (Wildman–Crippen MR) is 81.8 cm³/mol. The molecule has 0 aromatic heterocycles. The number of benzene rings is 1. The van der Waals surface area contributed by atoms with E-state index in [2.05, 4.69) is 10.6 Å². The molecule has 0 saturated carbocycles. The van der Waals surface area contributed by atoms with Gasteiger partial charge in [0.1, 0.15) is 0 Å². The van der Waals surface area contributed by atoms with Crippen molar-refractivity contribution in [3.8, 4) is 0 Å². The first kappa shape index (κ1) is 16.8. The third-order valence-corrected chi connectivity index (χ3v) is 2.71. The molecule has 6 heteroatoms. The van der Waals surface area contributed by atoms with Crippen molar-refractivity contribution >= 4 is 23.6 Å². The number of anilines is 2. The maximum absolute atomic E-state index is 11.6. The van der Waals surface area contributed by atoms with E-state index in [4.69, 9.17) is 9.47 Å². The molecule has 21 heavy (non-hydrogen) atoms. The minimum Gasteiger partial charge on any atom is -0.450 e. The summed E-state index contributed by atoms with van der Waals surface area (Å²) in [7, 11) is 0. The van der Waals surface area contributed by atoms with Gasteiger partial charge in [0.2, 0.25) is 0 Å². The summed E-state index contributed by atoms with van der Waals surface area (Å²) in [5.41, 5.74) is 2.11. The van der Waals surface area contributed by atoms with Crippen LogP contribution < -0.4 is 10.6 Å². The Labute approximate surface area is 124 Å². The number of carbonyl (C=O) groups is 2. The minimum atomic E-state index is -0.531. The Morgan fingerprint density at radius 2 is 1.62 bits per heavy atom. The lowest BCUT2D eigenvalue weighted by Gasteiger charge is -2.15. The Morgan fingerprint density at radius 1 is 1.05 bits per heavy atom. The highest BCUT2D eigenvalue weighted by Gasteiger charge is 2.12. The number of hydrogen-bond acceptors (Lipinski definition) is 4. The molecule has 0 saturated heterocycles. The van der Waals surface area contributed by atoms with Crippen LogP contribution in [-0.2, 0) is 9.47 Å². The first-order valence-electron chi connectivity index (χ1n) is 6.99. The van der Waals surface area contributed by atoms with Gasteiger partial charge in [0, 0.05) is 11.4 Å². The second kappa shape index (κ2) is 8.14. The molecule has 2 N–H and O–H groups in total. The van der Waals surface area contributed by atoms with Crippen molar-refractivity contribution in [3.05, 3.63) is 23.8 Å². The monoisotopic (exact) mass is 294 g/mol. The third kappa shape index (κ3) is 5.33. The molecular formula is C15H22N2O4. The molecule has 0 spiro atoms. The van der Waals surface area contributed by atoms with Crippen LogP contribution in [0.25, 0.3) is 0 Å². The van der Waals surface area contributed by atoms with Crippen LogP contribution in [0.1, 0.15) is 39.2 Å². The normalized spacial score (nSPS) is 10.1. The van der Waals surface area contributed by atoms with E-state index in [0.29, 0.717) is 24.6 Å². The summed E-state index contributed by atoms with van der Waals surface area (Å²) in [6.45, 7) is 8.10. The van der Waals surface area contributed by atoms with Crippen molar-refractivity contribution in [3.63, 3.8) is 0 Å². The molecular weight excluding hydrogens is 272 g/mol. The van der Waals surface area contributed by atoms with Gasteiger partial charge in [-0.1, -0.05) is 19.9 Å².